The van der Waals surface area contributed by atoms with Gasteiger partial charge in [0.2, 0.25) is 6.10 Å². The largest absolute Gasteiger partial charge is 0.472 e. The first kappa shape index (κ1) is 36.1. The second kappa shape index (κ2) is 10.0. The molecule has 3 aliphatic heterocycles. The summed E-state index contributed by atoms with van der Waals surface area (Å²) in [6, 6.07) is 1.54. The van der Waals surface area contributed by atoms with Crippen molar-refractivity contribution in [3.63, 3.8) is 0 Å². The Hall–Kier alpha value is -3.61. The molecule has 3 N–H and O–H groups in total. The molecule has 1 spiro atoms. The molecule has 9 rings (SSSR count). The highest BCUT2D eigenvalue weighted by Crippen LogP contribution is 2.95. The van der Waals surface area contributed by atoms with Crippen LogP contribution in [-0.2, 0) is 61.9 Å². The van der Waals surface area contributed by atoms with Gasteiger partial charge < -0.3 is 57.6 Å². The summed E-state index contributed by atoms with van der Waals surface area (Å²) >= 11 is 0. The summed E-state index contributed by atoms with van der Waals surface area (Å²) in [4.78, 5) is 68.0. The van der Waals surface area contributed by atoms with E-state index in [0.29, 0.717) is 5.56 Å². The van der Waals surface area contributed by atoms with Gasteiger partial charge in [-0.15, -0.1) is 0 Å². The zero-order valence-electron chi connectivity index (χ0n) is 31.0. The van der Waals surface area contributed by atoms with Gasteiger partial charge in [0.15, 0.2) is 17.3 Å². The Bertz CT molecular complexity index is 1910. The van der Waals surface area contributed by atoms with Crippen LogP contribution in [0, 0.1) is 33.5 Å². The highest BCUT2D eigenvalue weighted by Gasteiger charge is 3.11. The number of carbonyl (C=O) groups is 5. The number of esters is 5. The summed E-state index contributed by atoms with van der Waals surface area (Å²) < 4.78 is 55.4. The first-order valence-electron chi connectivity index (χ1n) is 18.2. The summed E-state index contributed by atoms with van der Waals surface area (Å²) in [7, 11) is 1.19. The average molecular weight is 761 g/mol. The van der Waals surface area contributed by atoms with Crippen LogP contribution in [-0.4, -0.2) is 111 Å². The van der Waals surface area contributed by atoms with E-state index in [9.17, 15) is 39.3 Å². The van der Waals surface area contributed by atoms with Crippen LogP contribution >= 0.6 is 0 Å². The Morgan fingerprint density at radius 2 is 1.63 bits per heavy atom. The lowest BCUT2D eigenvalue weighted by Gasteiger charge is -2.76. The number of hydrogen-bond acceptors (Lipinski definition) is 17. The number of fused-ring (bicyclic) bond motifs is 2. The lowest BCUT2D eigenvalue weighted by Crippen LogP contribution is -2.97. The minimum Gasteiger partial charge on any atom is -0.472 e. The summed E-state index contributed by atoms with van der Waals surface area (Å²) in [6.45, 7) is 9.90. The van der Waals surface area contributed by atoms with E-state index in [2.05, 4.69) is 0 Å². The van der Waals surface area contributed by atoms with Crippen LogP contribution in [0.1, 0.15) is 79.4 Å². The molecular formula is C37H44O17. The van der Waals surface area contributed by atoms with Crippen molar-refractivity contribution in [2.75, 3.05) is 7.11 Å². The fourth-order valence-electron chi connectivity index (χ4n) is 13.6. The van der Waals surface area contributed by atoms with Crippen molar-refractivity contribution < 1.29 is 81.6 Å². The van der Waals surface area contributed by atoms with Crippen molar-refractivity contribution in [1.82, 2.24) is 0 Å². The fraction of sp³-hybridized carbons (Fsp3) is 0.757. The predicted molar refractivity (Wildman–Crippen MR) is 171 cm³/mol. The average Bonchev–Trinajstić information content (AvgIpc) is 3.43. The first-order valence-corrected chi connectivity index (χ1v) is 18.2. The van der Waals surface area contributed by atoms with E-state index in [1.807, 2.05) is 0 Å². The molecule has 8 fully saturated rings. The number of hydrogen-bond donors (Lipinski definition) is 3. The number of ether oxygens (including phenoxy) is 8. The normalized spacial score (nSPS) is 53.6. The number of rotatable bonds is 7. The van der Waals surface area contributed by atoms with E-state index < -0.39 is 135 Å². The Balaban J connectivity index is 1.44. The van der Waals surface area contributed by atoms with Gasteiger partial charge in [-0.1, -0.05) is 27.7 Å². The van der Waals surface area contributed by atoms with Crippen LogP contribution in [0.4, 0.5) is 0 Å². The van der Waals surface area contributed by atoms with Crippen LogP contribution in [0.25, 0.3) is 0 Å². The van der Waals surface area contributed by atoms with Crippen molar-refractivity contribution in [2.24, 2.45) is 33.5 Å². The third kappa shape index (κ3) is 3.27. The van der Waals surface area contributed by atoms with Gasteiger partial charge in [-0.25, -0.2) is 4.79 Å². The van der Waals surface area contributed by atoms with Gasteiger partial charge in [-0.3, -0.25) is 19.2 Å². The van der Waals surface area contributed by atoms with Crippen molar-refractivity contribution >= 4 is 29.8 Å². The molecule has 17 nitrogen and oxygen atoms in total. The van der Waals surface area contributed by atoms with Gasteiger partial charge in [0.1, 0.15) is 29.5 Å². The van der Waals surface area contributed by atoms with E-state index in [-0.39, 0.29) is 12.8 Å². The maximum atomic E-state index is 14.5. The predicted octanol–water partition coefficient (Wildman–Crippen LogP) is 0.742. The molecule has 1 unspecified atom stereocenters. The van der Waals surface area contributed by atoms with Crippen molar-refractivity contribution in [1.29, 1.82) is 0 Å². The van der Waals surface area contributed by atoms with Crippen molar-refractivity contribution in [3.05, 3.63) is 24.2 Å². The maximum Gasteiger partial charge on any atom is 0.348 e. The molecule has 294 valence electrons. The number of aliphatic hydroxyl groups is 3. The van der Waals surface area contributed by atoms with Crippen LogP contribution in [0.5, 0.6) is 0 Å². The van der Waals surface area contributed by atoms with Crippen molar-refractivity contribution in [3.8, 4) is 0 Å². The summed E-state index contributed by atoms with van der Waals surface area (Å²) in [5, 5.41) is 40.3. The molecule has 4 bridgehead atoms. The number of methoxy groups -OCH3 is 1. The molecule has 54 heavy (non-hydrogen) atoms. The summed E-state index contributed by atoms with van der Waals surface area (Å²) in [5.41, 5.74) is -16.5. The lowest BCUT2D eigenvalue weighted by atomic mass is 9.33. The molecule has 5 saturated carbocycles. The van der Waals surface area contributed by atoms with Gasteiger partial charge in [-0.05, 0) is 24.8 Å². The van der Waals surface area contributed by atoms with Crippen LogP contribution in [0.2, 0.25) is 0 Å². The molecule has 0 aromatic carbocycles. The summed E-state index contributed by atoms with van der Waals surface area (Å²) in [6.07, 6.45) is -8.36. The molecule has 4 heterocycles. The molecule has 5 aliphatic carbocycles. The summed E-state index contributed by atoms with van der Waals surface area (Å²) in [5.74, 6) is -8.44. The van der Waals surface area contributed by atoms with E-state index in [0.717, 1.165) is 13.8 Å². The Labute approximate surface area is 308 Å². The molecule has 1 aromatic heterocycles. The first-order chi connectivity index (χ1) is 25.1. The second-order valence-corrected chi connectivity index (χ2v) is 17.4. The third-order valence-corrected chi connectivity index (χ3v) is 15.0. The maximum absolute atomic E-state index is 14.5. The van der Waals surface area contributed by atoms with Crippen molar-refractivity contribution in [2.45, 2.75) is 133 Å². The van der Waals surface area contributed by atoms with Gasteiger partial charge in [0.05, 0.1) is 42.5 Å². The smallest absolute Gasteiger partial charge is 0.348 e. The third-order valence-electron chi connectivity index (χ3n) is 15.0. The highest BCUT2D eigenvalue weighted by atomic mass is 17.0. The van der Waals surface area contributed by atoms with E-state index >= 15 is 0 Å². The molecule has 17 heteroatoms. The lowest BCUT2D eigenvalue weighted by molar-refractivity contribution is -0.454. The van der Waals surface area contributed by atoms with Gasteiger partial charge in [-0.2, -0.15) is 0 Å². The minimum atomic E-state index is -2.77. The van der Waals surface area contributed by atoms with E-state index in [1.165, 1.54) is 32.6 Å². The minimum absolute atomic E-state index is 0.223. The second-order valence-electron chi connectivity index (χ2n) is 17.4. The zero-order chi connectivity index (χ0) is 39.2. The molecule has 16 atom stereocenters. The molecule has 1 aromatic rings. The zero-order valence-corrected chi connectivity index (χ0v) is 31.0. The molecule has 3 saturated heterocycles. The Morgan fingerprint density at radius 3 is 2.22 bits per heavy atom. The fourth-order valence-corrected chi connectivity index (χ4v) is 13.6. The van der Waals surface area contributed by atoms with Gasteiger partial charge in [0.25, 0.3) is 5.97 Å². The number of cyclic esters (lactones) is 1. The topological polar surface area (TPSA) is 233 Å². The quantitative estimate of drug-likeness (QED) is 0.257. The number of carbonyl (C=O) groups excluding carboxylic acids is 5. The van der Waals surface area contributed by atoms with Crippen LogP contribution in [0.15, 0.2) is 23.0 Å². The standard InChI is InChI=1S/C37H44O17/c1-15(2)25(42)51-28-35(45)27(49-17(4)39)29(5)13-34(35,44)30(6,19(29)11-20(40)46-8)36-23-21(41)32-14-33(32,37(28,36)54-31(7,52-23)53-36)24(48-16(3)38)26(43)50-22(32)18-9-10-47-12-18/h9-10,12,15,19,21-24,27-28,41,44-45H,11,13-14H2,1-8H3/t19-,21-,22-,23+,24-,27-,28+,29-,30+,31?,32-,33+,34+,35-,36-,37-/m0/s1. The SMILES string of the molecule is COC(=O)C[C@H]1[C@]2(C)C[C@]3(O)[C@@](O)([C@@H](OC(=O)C(C)C)[C@]45OC6(C)O[C@H]([C@H](O)[C@]78C[C@@]74[C@@H](OC(C)=O)C(=O)O[C@H]8c4ccoc4)[C@]5(O6)[C@]13C)[C@H]2OC(C)=O. The monoisotopic (exact) mass is 760 g/mol. The van der Waals surface area contributed by atoms with E-state index in [1.54, 1.807) is 27.7 Å². The van der Waals surface area contributed by atoms with Crippen LogP contribution in [0.3, 0.4) is 0 Å². The van der Waals surface area contributed by atoms with Crippen LogP contribution < -0.4 is 0 Å². The van der Waals surface area contributed by atoms with Gasteiger partial charge in [0, 0.05) is 43.6 Å². The Morgan fingerprint density at radius 1 is 0.963 bits per heavy atom. The van der Waals surface area contributed by atoms with Gasteiger partial charge >= 0.3 is 29.8 Å². The number of furan rings is 1. The Kier molecular flexibility index (Phi) is 6.70. The molecule has 0 radical (unpaired) electrons. The molecular weight excluding hydrogens is 716 g/mol. The van der Waals surface area contributed by atoms with E-state index in [4.69, 9.17) is 42.3 Å². The molecule has 8 aliphatic rings. The highest BCUT2D eigenvalue weighted by molar-refractivity contribution is 5.84. The molecule has 0 amide bonds. The number of aliphatic hydroxyl groups excluding tert-OH is 1.